The Balaban J connectivity index is 1.51. The van der Waals surface area contributed by atoms with Gasteiger partial charge in [0.1, 0.15) is 12.1 Å². The first-order valence-electron chi connectivity index (χ1n) is 14.1. The molecule has 11 heteroatoms. The molecule has 4 fully saturated rings. The molecule has 0 aromatic heterocycles. The molecule has 2 saturated heterocycles. The summed E-state index contributed by atoms with van der Waals surface area (Å²) in [7, 11) is 0. The number of amides is 3. The summed E-state index contributed by atoms with van der Waals surface area (Å²) in [6, 6.07) is 0.184. The predicted molar refractivity (Wildman–Crippen MR) is 135 cm³/mol. The lowest BCUT2D eigenvalue weighted by Crippen LogP contribution is -2.52. The third-order valence-corrected chi connectivity index (χ3v) is 9.28. The standard InChI is InChI=1S/C28H39F3N4O4/c1-26(2,3)20(12-22(36)28(29,30)31)25(39)35-15-18(16-6-4-5-7-16)11-21(35)24(38)33-19(14-32)10-17-13-27(8-9-27)34-23(17)37/h16-21H,4-13,15H2,1-3H3,(H,33,38)(H,34,37). The largest absolute Gasteiger partial charge is 0.449 e. The quantitative estimate of drug-likeness (QED) is 0.477. The fourth-order valence-electron chi connectivity index (χ4n) is 6.74. The Morgan fingerprint density at radius 2 is 1.79 bits per heavy atom. The van der Waals surface area contributed by atoms with Crippen LogP contribution in [0, 0.1) is 40.4 Å². The normalized spacial score (nSPS) is 28.2. The molecule has 216 valence electrons. The van der Waals surface area contributed by atoms with Crippen LogP contribution in [0.15, 0.2) is 0 Å². The zero-order valence-corrected chi connectivity index (χ0v) is 22.9. The summed E-state index contributed by atoms with van der Waals surface area (Å²) < 4.78 is 39.4. The fraction of sp³-hybridized carbons (Fsp3) is 0.821. The maximum Gasteiger partial charge on any atom is 0.449 e. The molecular formula is C28H39F3N4O4. The van der Waals surface area contributed by atoms with E-state index in [1.807, 2.05) is 0 Å². The second-order valence-corrected chi connectivity index (χ2v) is 13.2. The molecule has 4 rings (SSSR count). The van der Waals surface area contributed by atoms with Gasteiger partial charge in [0.25, 0.3) is 0 Å². The lowest BCUT2D eigenvalue weighted by atomic mass is 9.76. The van der Waals surface area contributed by atoms with Gasteiger partial charge in [0.15, 0.2) is 0 Å². The molecule has 8 nitrogen and oxygen atoms in total. The van der Waals surface area contributed by atoms with Crippen molar-refractivity contribution in [1.29, 1.82) is 5.26 Å². The second-order valence-electron chi connectivity index (χ2n) is 13.2. The summed E-state index contributed by atoms with van der Waals surface area (Å²) >= 11 is 0. The van der Waals surface area contributed by atoms with Gasteiger partial charge in [-0.15, -0.1) is 0 Å². The molecule has 0 bridgehead atoms. The van der Waals surface area contributed by atoms with E-state index in [2.05, 4.69) is 16.7 Å². The average Bonchev–Trinajstić information content (AvgIpc) is 3.22. The number of nitrogens with one attached hydrogen (secondary N) is 2. The number of likely N-dealkylation sites (tertiary alicyclic amines) is 1. The van der Waals surface area contributed by atoms with Crippen LogP contribution >= 0.6 is 0 Å². The number of hydrogen-bond acceptors (Lipinski definition) is 5. The SMILES string of the molecule is CC(C)(C)C(CC(=O)C(F)(F)F)C(=O)N1CC(C2CCCC2)CC1C(=O)NC(C#N)CC1CC2(CC2)NC1=O. The van der Waals surface area contributed by atoms with Gasteiger partial charge in [-0.25, -0.2) is 0 Å². The highest BCUT2D eigenvalue weighted by Gasteiger charge is 2.53. The lowest BCUT2D eigenvalue weighted by molar-refractivity contribution is -0.174. The minimum Gasteiger partial charge on any atom is -0.350 e. The number of rotatable bonds is 8. The average molecular weight is 553 g/mol. The van der Waals surface area contributed by atoms with Crippen molar-refractivity contribution in [3.8, 4) is 6.07 Å². The monoisotopic (exact) mass is 552 g/mol. The van der Waals surface area contributed by atoms with Crippen LogP contribution in [0.1, 0.15) is 85.0 Å². The summed E-state index contributed by atoms with van der Waals surface area (Å²) in [5.41, 5.74) is -1.11. The summed E-state index contributed by atoms with van der Waals surface area (Å²) in [6.07, 6.45) is 0.969. The van der Waals surface area contributed by atoms with E-state index >= 15 is 0 Å². The number of alkyl halides is 3. The highest BCUT2D eigenvalue weighted by Crippen LogP contribution is 2.46. The Kier molecular flexibility index (Phi) is 8.08. The van der Waals surface area contributed by atoms with E-state index in [1.165, 1.54) is 4.90 Å². The number of Topliss-reactive ketones (excluding diaryl/α,β-unsaturated/α-hetero) is 1. The highest BCUT2D eigenvalue weighted by molar-refractivity contribution is 5.93. The molecule has 1 spiro atoms. The van der Waals surface area contributed by atoms with Crippen molar-refractivity contribution >= 4 is 23.5 Å². The number of carbonyl (C=O) groups excluding carboxylic acids is 4. The van der Waals surface area contributed by atoms with Gasteiger partial charge in [-0.2, -0.15) is 18.4 Å². The number of ketones is 1. The van der Waals surface area contributed by atoms with Gasteiger partial charge in [-0.05, 0) is 49.4 Å². The smallest absolute Gasteiger partial charge is 0.350 e. The predicted octanol–water partition coefficient (Wildman–Crippen LogP) is 3.64. The number of carbonyl (C=O) groups is 4. The van der Waals surface area contributed by atoms with Gasteiger partial charge in [0.05, 0.1) is 12.0 Å². The molecule has 2 aliphatic carbocycles. The summed E-state index contributed by atoms with van der Waals surface area (Å²) in [5.74, 6) is -4.57. The van der Waals surface area contributed by atoms with Gasteiger partial charge >= 0.3 is 6.18 Å². The summed E-state index contributed by atoms with van der Waals surface area (Å²) in [5, 5.41) is 15.5. The Morgan fingerprint density at radius 1 is 1.15 bits per heavy atom. The molecule has 2 heterocycles. The molecule has 5 atom stereocenters. The van der Waals surface area contributed by atoms with Crippen LogP contribution in [0.3, 0.4) is 0 Å². The topological polar surface area (TPSA) is 119 Å². The third kappa shape index (κ3) is 6.58. The summed E-state index contributed by atoms with van der Waals surface area (Å²) in [6.45, 7) is 5.08. The molecule has 2 saturated carbocycles. The molecule has 4 aliphatic rings. The number of halogens is 3. The molecule has 0 aromatic carbocycles. The van der Waals surface area contributed by atoms with Crippen molar-refractivity contribution < 1.29 is 32.3 Å². The zero-order chi connectivity index (χ0) is 28.8. The Hall–Kier alpha value is -2.64. The van der Waals surface area contributed by atoms with Crippen molar-refractivity contribution in [3.05, 3.63) is 0 Å². The van der Waals surface area contributed by atoms with Crippen molar-refractivity contribution in [3.63, 3.8) is 0 Å². The lowest BCUT2D eigenvalue weighted by Gasteiger charge is -2.35. The van der Waals surface area contributed by atoms with Crippen LogP contribution < -0.4 is 10.6 Å². The van der Waals surface area contributed by atoms with Crippen molar-refractivity contribution in [1.82, 2.24) is 15.5 Å². The number of nitrogens with zero attached hydrogens (tertiary/aromatic N) is 2. The second kappa shape index (κ2) is 10.7. The molecule has 0 radical (unpaired) electrons. The number of nitriles is 1. The summed E-state index contributed by atoms with van der Waals surface area (Å²) in [4.78, 5) is 53.0. The van der Waals surface area contributed by atoms with Crippen LogP contribution in [-0.2, 0) is 19.2 Å². The van der Waals surface area contributed by atoms with Crippen LogP contribution in [0.4, 0.5) is 13.2 Å². The minimum absolute atomic E-state index is 0.0157. The van der Waals surface area contributed by atoms with Crippen LogP contribution in [0.5, 0.6) is 0 Å². The fourth-order valence-corrected chi connectivity index (χ4v) is 6.74. The maximum atomic E-state index is 13.8. The maximum absolute atomic E-state index is 13.8. The first-order chi connectivity index (χ1) is 18.1. The van der Waals surface area contributed by atoms with Gasteiger partial charge in [0.2, 0.25) is 23.5 Å². The molecule has 0 aromatic rings. The van der Waals surface area contributed by atoms with Crippen molar-refractivity contribution in [2.45, 2.75) is 109 Å². The first kappa shape index (κ1) is 29.3. The Bertz CT molecular complexity index is 1040. The molecular weight excluding hydrogens is 513 g/mol. The van der Waals surface area contributed by atoms with Gasteiger partial charge in [0, 0.05) is 24.4 Å². The van der Waals surface area contributed by atoms with E-state index in [-0.39, 0.29) is 36.2 Å². The molecule has 5 unspecified atom stereocenters. The van der Waals surface area contributed by atoms with E-state index in [4.69, 9.17) is 0 Å². The number of hydrogen-bond donors (Lipinski definition) is 2. The molecule has 3 amide bonds. The molecule has 2 N–H and O–H groups in total. The van der Waals surface area contributed by atoms with Crippen LogP contribution in [0.25, 0.3) is 0 Å². The first-order valence-corrected chi connectivity index (χ1v) is 14.1. The van der Waals surface area contributed by atoms with Crippen molar-refractivity contribution in [2.75, 3.05) is 6.54 Å². The van der Waals surface area contributed by atoms with E-state index in [0.717, 1.165) is 38.5 Å². The third-order valence-electron chi connectivity index (χ3n) is 9.28. The zero-order valence-electron chi connectivity index (χ0n) is 22.9. The van der Waals surface area contributed by atoms with Gasteiger partial charge < -0.3 is 15.5 Å². The van der Waals surface area contributed by atoms with Crippen LogP contribution in [0.2, 0.25) is 0 Å². The van der Waals surface area contributed by atoms with Crippen LogP contribution in [-0.4, -0.2) is 58.7 Å². The van der Waals surface area contributed by atoms with E-state index in [9.17, 15) is 37.6 Å². The van der Waals surface area contributed by atoms with Crippen molar-refractivity contribution in [2.24, 2.45) is 29.1 Å². The van der Waals surface area contributed by atoms with E-state index in [1.54, 1.807) is 20.8 Å². The van der Waals surface area contributed by atoms with E-state index < -0.39 is 53.6 Å². The molecule has 39 heavy (non-hydrogen) atoms. The van der Waals surface area contributed by atoms with E-state index in [0.29, 0.717) is 18.8 Å². The van der Waals surface area contributed by atoms with Gasteiger partial charge in [-0.3, -0.25) is 19.2 Å². The molecule has 2 aliphatic heterocycles. The highest BCUT2D eigenvalue weighted by atomic mass is 19.4. The minimum atomic E-state index is -5.05. The van der Waals surface area contributed by atoms with Gasteiger partial charge in [-0.1, -0.05) is 46.5 Å². The Labute approximate surface area is 227 Å². The Morgan fingerprint density at radius 3 is 2.31 bits per heavy atom.